The maximum atomic E-state index is 11.4. The molecule has 0 aliphatic heterocycles. The lowest BCUT2D eigenvalue weighted by Gasteiger charge is -2.19. The van der Waals surface area contributed by atoms with Crippen LogP contribution in [0, 0.1) is 0 Å². The largest absolute Gasteiger partial charge is 0.465 e. The molecule has 1 aliphatic carbocycles. The highest BCUT2D eigenvalue weighted by atomic mass is 35.5. The number of methoxy groups -OCH3 is 1. The Labute approximate surface area is 140 Å². The highest BCUT2D eigenvalue weighted by Crippen LogP contribution is 2.39. The lowest BCUT2D eigenvalue weighted by atomic mass is 10.1. The summed E-state index contributed by atoms with van der Waals surface area (Å²) in [6.07, 6.45) is 2.27. The lowest BCUT2D eigenvalue weighted by Crippen LogP contribution is -2.18. The Bertz CT molecular complexity index is 714. The molecule has 0 radical (unpaired) electrons. The molecule has 0 spiro atoms. The summed E-state index contributed by atoms with van der Waals surface area (Å²) < 4.78 is 4.70. The van der Waals surface area contributed by atoms with Crippen molar-refractivity contribution < 1.29 is 9.53 Å². The first-order chi connectivity index (χ1) is 11.1. The molecule has 0 atom stereocenters. The third-order valence-electron chi connectivity index (χ3n) is 3.83. The molecule has 6 heteroatoms. The van der Waals surface area contributed by atoms with Crippen LogP contribution < -0.4 is 4.90 Å². The fraction of sp³-hybridized carbons (Fsp3) is 0.353. The van der Waals surface area contributed by atoms with E-state index in [4.69, 9.17) is 16.3 Å². The van der Waals surface area contributed by atoms with E-state index in [0.717, 1.165) is 30.0 Å². The van der Waals surface area contributed by atoms with Crippen LogP contribution >= 0.6 is 11.6 Å². The van der Waals surface area contributed by atoms with Gasteiger partial charge in [0.2, 0.25) is 0 Å². The number of ether oxygens (including phenoxy) is 1. The van der Waals surface area contributed by atoms with E-state index in [0.29, 0.717) is 23.2 Å². The molecule has 120 valence electrons. The van der Waals surface area contributed by atoms with Gasteiger partial charge in [0, 0.05) is 25.6 Å². The van der Waals surface area contributed by atoms with Crippen LogP contribution in [0.3, 0.4) is 0 Å². The van der Waals surface area contributed by atoms with Crippen LogP contribution in [0.1, 0.15) is 40.5 Å². The van der Waals surface area contributed by atoms with Gasteiger partial charge in [0.05, 0.1) is 12.7 Å². The number of carbonyl (C=O) groups excluding carboxylic acids is 1. The first-order valence-electron chi connectivity index (χ1n) is 7.49. The summed E-state index contributed by atoms with van der Waals surface area (Å²) in [5, 5.41) is 0.477. The highest BCUT2D eigenvalue weighted by molar-refractivity contribution is 6.29. The standard InChI is InChI=1S/C17H18ClN3O2/c1-21(10-11-3-5-13(6-4-11)17(22)23-2)15-9-14(18)19-16(20-15)12-7-8-12/h3-6,9,12H,7-8,10H2,1-2H3. The summed E-state index contributed by atoms with van der Waals surface area (Å²) in [4.78, 5) is 22.4. The Balaban J connectivity index is 1.73. The first-order valence-corrected chi connectivity index (χ1v) is 7.87. The monoisotopic (exact) mass is 331 g/mol. The van der Waals surface area contributed by atoms with Crippen LogP contribution in [-0.4, -0.2) is 30.1 Å². The number of hydrogen-bond acceptors (Lipinski definition) is 5. The molecule has 2 aromatic rings. The van der Waals surface area contributed by atoms with Gasteiger partial charge >= 0.3 is 5.97 Å². The molecular formula is C17H18ClN3O2. The number of nitrogens with zero attached hydrogens (tertiary/aromatic N) is 3. The van der Waals surface area contributed by atoms with E-state index in [9.17, 15) is 4.79 Å². The van der Waals surface area contributed by atoms with Crippen LogP contribution in [0.15, 0.2) is 30.3 Å². The number of hydrogen-bond donors (Lipinski definition) is 0. The molecule has 0 unspecified atom stereocenters. The van der Waals surface area contributed by atoms with E-state index >= 15 is 0 Å². The smallest absolute Gasteiger partial charge is 0.337 e. The van der Waals surface area contributed by atoms with Crippen LogP contribution in [0.5, 0.6) is 0 Å². The Morgan fingerprint density at radius 3 is 2.61 bits per heavy atom. The number of esters is 1. The number of aromatic nitrogens is 2. The van der Waals surface area contributed by atoms with E-state index in [-0.39, 0.29) is 5.97 Å². The zero-order valence-electron chi connectivity index (χ0n) is 13.1. The second-order valence-electron chi connectivity index (χ2n) is 5.73. The fourth-order valence-electron chi connectivity index (χ4n) is 2.36. The van der Waals surface area contributed by atoms with Gasteiger partial charge in [0.25, 0.3) is 0 Å². The molecule has 1 aliphatic rings. The van der Waals surface area contributed by atoms with Crippen molar-refractivity contribution in [2.75, 3.05) is 19.1 Å². The van der Waals surface area contributed by atoms with Gasteiger partial charge in [-0.25, -0.2) is 14.8 Å². The van der Waals surface area contributed by atoms with Gasteiger partial charge in [0.15, 0.2) is 0 Å². The number of anilines is 1. The van der Waals surface area contributed by atoms with Crippen molar-refractivity contribution in [2.45, 2.75) is 25.3 Å². The normalized spacial score (nSPS) is 13.7. The molecule has 1 aromatic carbocycles. The quantitative estimate of drug-likeness (QED) is 0.620. The summed E-state index contributed by atoms with van der Waals surface area (Å²) in [5.41, 5.74) is 1.61. The van der Waals surface area contributed by atoms with Crippen LogP contribution in [0.2, 0.25) is 5.15 Å². The molecule has 1 fully saturated rings. The van der Waals surface area contributed by atoms with Gasteiger partial charge in [-0.1, -0.05) is 23.7 Å². The van der Waals surface area contributed by atoms with Gasteiger partial charge in [-0.15, -0.1) is 0 Å². The summed E-state index contributed by atoms with van der Waals surface area (Å²) in [5.74, 6) is 1.77. The van der Waals surface area contributed by atoms with Gasteiger partial charge in [0.1, 0.15) is 16.8 Å². The third kappa shape index (κ3) is 3.79. The average Bonchev–Trinajstić information content (AvgIpc) is 3.39. The molecule has 1 aromatic heterocycles. The third-order valence-corrected chi connectivity index (χ3v) is 4.02. The summed E-state index contributed by atoms with van der Waals surface area (Å²) in [6, 6.07) is 9.12. The minimum Gasteiger partial charge on any atom is -0.465 e. The van der Waals surface area contributed by atoms with Crippen molar-refractivity contribution in [1.29, 1.82) is 0 Å². The van der Waals surface area contributed by atoms with Crippen molar-refractivity contribution in [2.24, 2.45) is 0 Å². The van der Waals surface area contributed by atoms with E-state index in [2.05, 4.69) is 9.97 Å². The Morgan fingerprint density at radius 1 is 1.30 bits per heavy atom. The zero-order valence-corrected chi connectivity index (χ0v) is 13.9. The fourth-order valence-corrected chi connectivity index (χ4v) is 2.55. The van der Waals surface area contributed by atoms with Gasteiger partial charge in [-0.2, -0.15) is 0 Å². The molecular weight excluding hydrogens is 314 g/mol. The molecule has 0 bridgehead atoms. The molecule has 1 heterocycles. The van der Waals surface area contributed by atoms with E-state index < -0.39 is 0 Å². The van der Waals surface area contributed by atoms with Crippen molar-refractivity contribution in [3.63, 3.8) is 0 Å². The first kappa shape index (κ1) is 15.7. The minimum absolute atomic E-state index is 0.332. The minimum atomic E-state index is -0.332. The second kappa shape index (κ2) is 6.54. The molecule has 1 saturated carbocycles. The molecule has 0 amide bonds. The predicted octanol–water partition coefficient (Wildman–Crippen LogP) is 3.43. The van der Waals surface area contributed by atoms with Crippen LogP contribution in [-0.2, 0) is 11.3 Å². The van der Waals surface area contributed by atoms with Crippen molar-refractivity contribution in [1.82, 2.24) is 9.97 Å². The average molecular weight is 332 g/mol. The SMILES string of the molecule is COC(=O)c1ccc(CN(C)c2cc(Cl)nc(C3CC3)n2)cc1. The number of rotatable bonds is 5. The lowest BCUT2D eigenvalue weighted by molar-refractivity contribution is 0.0600. The predicted molar refractivity (Wildman–Crippen MR) is 88.9 cm³/mol. The Kier molecular flexibility index (Phi) is 4.48. The van der Waals surface area contributed by atoms with Gasteiger partial charge < -0.3 is 9.64 Å². The second-order valence-corrected chi connectivity index (χ2v) is 6.11. The molecule has 0 saturated heterocycles. The maximum absolute atomic E-state index is 11.4. The molecule has 0 N–H and O–H groups in total. The van der Waals surface area contributed by atoms with E-state index in [1.165, 1.54) is 7.11 Å². The van der Waals surface area contributed by atoms with Crippen molar-refractivity contribution in [3.8, 4) is 0 Å². The maximum Gasteiger partial charge on any atom is 0.337 e. The number of benzene rings is 1. The van der Waals surface area contributed by atoms with Crippen molar-refractivity contribution in [3.05, 3.63) is 52.4 Å². The Morgan fingerprint density at radius 2 is 2.00 bits per heavy atom. The molecule has 23 heavy (non-hydrogen) atoms. The van der Waals surface area contributed by atoms with Crippen LogP contribution in [0.25, 0.3) is 0 Å². The number of halogens is 1. The molecule has 5 nitrogen and oxygen atoms in total. The van der Waals surface area contributed by atoms with Gasteiger partial charge in [-0.3, -0.25) is 0 Å². The highest BCUT2D eigenvalue weighted by Gasteiger charge is 2.27. The summed E-state index contributed by atoms with van der Waals surface area (Å²) in [7, 11) is 3.34. The topological polar surface area (TPSA) is 55.3 Å². The van der Waals surface area contributed by atoms with E-state index in [1.807, 2.05) is 24.1 Å². The van der Waals surface area contributed by atoms with Crippen LogP contribution in [0.4, 0.5) is 5.82 Å². The number of carbonyl (C=O) groups is 1. The Hall–Kier alpha value is -2.14. The zero-order chi connectivity index (χ0) is 16.4. The van der Waals surface area contributed by atoms with E-state index in [1.54, 1.807) is 18.2 Å². The van der Waals surface area contributed by atoms with Crippen molar-refractivity contribution >= 4 is 23.4 Å². The summed E-state index contributed by atoms with van der Waals surface area (Å²) >= 11 is 6.11. The molecule has 3 rings (SSSR count). The van der Waals surface area contributed by atoms with Gasteiger partial charge in [-0.05, 0) is 30.5 Å². The summed E-state index contributed by atoms with van der Waals surface area (Å²) in [6.45, 7) is 0.666.